The summed E-state index contributed by atoms with van der Waals surface area (Å²) in [6, 6.07) is 4.02. The van der Waals surface area contributed by atoms with Gasteiger partial charge in [0.15, 0.2) is 0 Å². The number of esters is 1. The number of aliphatic hydroxyl groups is 1. The zero-order chi connectivity index (χ0) is 17.4. The number of hydrogen-bond donors (Lipinski definition) is 1. The fourth-order valence-corrected chi connectivity index (χ4v) is 3.64. The Labute approximate surface area is 146 Å². The number of carbonyl (C=O) groups excluding carboxylic acids is 1. The minimum Gasteiger partial charge on any atom is -0.457 e. The number of carbonyl (C=O) groups is 1. The van der Waals surface area contributed by atoms with Crippen LogP contribution in [-0.4, -0.2) is 37.2 Å². The summed E-state index contributed by atoms with van der Waals surface area (Å²) in [5.41, 5.74) is 0. The number of aliphatic hydroxyl groups excluding tert-OH is 1. The Balaban J connectivity index is 2.29. The van der Waals surface area contributed by atoms with Gasteiger partial charge in [0.2, 0.25) is 12.0 Å². The van der Waals surface area contributed by atoms with Crippen molar-refractivity contribution in [3.8, 4) is 0 Å². The van der Waals surface area contributed by atoms with E-state index in [1.807, 2.05) is 30.5 Å². The number of allylic oxidation sites excluding steroid dienone is 1. The molecule has 0 unspecified atom stereocenters. The normalized spacial score (nSPS) is 23.2. The maximum Gasteiger partial charge on any atom is 0.373 e. The lowest BCUT2D eigenvalue weighted by Gasteiger charge is -2.36. The summed E-state index contributed by atoms with van der Waals surface area (Å²) in [6.45, 7) is 6.16. The Morgan fingerprint density at radius 3 is 3.00 bits per heavy atom. The molecule has 24 heavy (non-hydrogen) atoms. The van der Waals surface area contributed by atoms with Crippen molar-refractivity contribution in [1.29, 1.82) is 0 Å². The molecule has 0 saturated heterocycles. The van der Waals surface area contributed by atoms with E-state index in [9.17, 15) is 9.90 Å². The summed E-state index contributed by atoms with van der Waals surface area (Å²) < 4.78 is 16.6. The lowest BCUT2D eigenvalue weighted by molar-refractivity contribution is -0.175. The molecule has 0 bridgehead atoms. The Hall–Kier alpha value is -1.63. The van der Waals surface area contributed by atoms with Crippen molar-refractivity contribution in [2.24, 2.45) is 5.92 Å². The highest BCUT2D eigenvalue weighted by Gasteiger charge is 2.38. The molecule has 0 aromatic carbocycles. The van der Waals surface area contributed by atoms with Gasteiger partial charge in [-0.2, -0.15) is 0 Å². The molecule has 2 rings (SSSR count). The summed E-state index contributed by atoms with van der Waals surface area (Å²) in [6.07, 6.45) is 4.19. The average Bonchev–Trinajstić information content (AvgIpc) is 3.12. The van der Waals surface area contributed by atoms with E-state index in [2.05, 4.69) is 6.58 Å². The van der Waals surface area contributed by atoms with Gasteiger partial charge >= 0.3 is 5.97 Å². The first-order valence-electron chi connectivity index (χ1n) is 8.13. The second-order valence-electron chi connectivity index (χ2n) is 5.43. The summed E-state index contributed by atoms with van der Waals surface area (Å²) >= 11 is 1.63. The van der Waals surface area contributed by atoms with Gasteiger partial charge < -0.3 is 19.3 Å². The lowest BCUT2D eigenvalue weighted by atomic mass is 9.84. The predicted octanol–water partition coefficient (Wildman–Crippen LogP) is 3.23. The molecule has 1 aliphatic heterocycles. The SMILES string of the molecule is C=CCOC(=O)C1=C[C@H](c2cccs2)[C@@H](CCCO)[C@H](OCC)O1. The van der Waals surface area contributed by atoms with Gasteiger partial charge in [-0.1, -0.05) is 18.7 Å². The van der Waals surface area contributed by atoms with Crippen LogP contribution in [0.1, 0.15) is 30.6 Å². The molecule has 3 atom stereocenters. The van der Waals surface area contributed by atoms with E-state index < -0.39 is 12.3 Å². The smallest absolute Gasteiger partial charge is 0.373 e. The molecular formula is C18H24O5S. The third-order valence-corrected chi connectivity index (χ3v) is 4.79. The van der Waals surface area contributed by atoms with Crippen molar-refractivity contribution in [3.63, 3.8) is 0 Å². The topological polar surface area (TPSA) is 65.0 Å². The van der Waals surface area contributed by atoms with Gasteiger partial charge in [-0.3, -0.25) is 0 Å². The molecule has 5 nitrogen and oxygen atoms in total. The van der Waals surface area contributed by atoms with Crippen LogP contribution in [0.25, 0.3) is 0 Å². The molecular weight excluding hydrogens is 328 g/mol. The molecule has 1 aliphatic rings. The Morgan fingerprint density at radius 2 is 2.38 bits per heavy atom. The van der Waals surface area contributed by atoms with Gasteiger partial charge in [-0.05, 0) is 37.3 Å². The molecule has 1 aromatic rings. The van der Waals surface area contributed by atoms with Crippen molar-refractivity contribution in [2.75, 3.05) is 19.8 Å². The Kier molecular flexibility index (Phi) is 7.49. The summed E-state index contributed by atoms with van der Waals surface area (Å²) in [5.74, 6) is -0.310. The fraction of sp³-hybridized carbons (Fsp3) is 0.500. The van der Waals surface area contributed by atoms with Crippen LogP contribution < -0.4 is 0 Å². The second-order valence-corrected chi connectivity index (χ2v) is 6.41. The first-order valence-corrected chi connectivity index (χ1v) is 9.01. The summed E-state index contributed by atoms with van der Waals surface area (Å²) in [5, 5.41) is 11.2. The zero-order valence-corrected chi connectivity index (χ0v) is 14.7. The quantitative estimate of drug-likeness (QED) is 0.546. The molecule has 0 spiro atoms. The molecule has 1 aromatic heterocycles. The van der Waals surface area contributed by atoms with Gasteiger partial charge in [-0.15, -0.1) is 11.3 Å². The first-order chi connectivity index (χ1) is 11.7. The van der Waals surface area contributed by atoms with Gasteiger partial charge in [0.05, 0.1) is 0 Å². The van der Waals surface area contributed by atoms with Crippen LogP contribution in [-0.2, 0) is 19.0 Å². The van der Waals surface area contributed by atoms with E-state index in [4.69, 9.17) is 14.2 Å². The van der Waals surface area contributed by atoms with E-state index in [0.717, 1.165) is 11.3 Å². The highest BCUT2D eigenvalue weighted by molar-refractivity contribution is 7.10. The highest BCUT2D eigenvalue weighted by atomic mass is 32.1. The molecule has 1 N–H and O–H groups in total. The van der Waals surface area contributed by atoms with Crippen molar-refractivity contribution in [2.45, 2.75) is 32.0 Å². The molecule has 0 amide bonds. The molecule has 6 heteroatoms. The number of hydrogen-bond acceptors (Lipinski definition) is 6. The average molecular weight is 352 g/mol. The second kappa shape index (κ2) is 9.61. The van der Waals surface area contributed by atoms with Crippen molar-refractivity contribution in [1.82, 2.24) is 0 Å². The minimum atomic E-state index is -0.537. The molecule has 0 saturated carbocycles. The largest absolute Gasteiger partial charge is 0.457 e. The first kappa shape index (κ1) is 18.7. The molecule has 0 aliphatic carbocycles. The van der Waals surface area contributed by atoms with Gasteiger partial charge in [-0.25, -0.2) is 4.79 Å². The van der Waals surface area contributed by atoms with Gasteiger partial charge in [0, 0.05) is 29.9 Å². The standard InChI is InChI=1S/C18H24O5S/c1-3-10-22-17(20)15-12-14(16-8-6-11-24-16)13(7-5-9-19)18(23-15)21-4-2/h3,6,8,11-14,18-19H,1,4-5,7,9-10H2,2H3/t13-,14+,18-/m1/s1. The molecule has 0 fully saturated rings. The van der Waals surface area contributed by atoms with Crippen molar-refractivity contribution >= 4 is 17.3 Å². The van der Waals surface area contributed by atoms with E-state index in [0.29, 0.717) is 13.0 Å². The van der Waals surface area contributed by atoms with Crippen LogP contribution in [0, 0.1) is 5.92 Å². The Bertz CT molecular complexity index is 552. The molecule has 0 radical (unpaired) electrons. The minimum absolute atomic E-state index is 0.00636. The maximum absolute atomic E-state index is 12.2. The number of rotatable bonds is 9. The molecule has 2 heterocycles. The third-order valence-electron chi connectivity index (χ3n) is 3.82. The van der Waals surface area contributed by atoms with Gasteiger partial charge in [0.25, 0.3) is 0 Å². The van der Waals surface area contributed by atoms with E-state index >= 15 is 0 Å². The van der Waals surface area contributed by atoms with E-state index in [-0.39, 0.29) is 30.8 Å². The highest BCUT2D eigenvalue weighted by Crippen LogP contribution is 2.41. The van der Waals surface area contributed by atoms with Crippen LogP contribution in [0.3, 0.4) is 0 Å². The van der Waals surface area contributed by atoms with Gasteiger partial charge in [0.1, 0.15) is 6.61 Å². The Morgan fingerprint density at radius 1 is 1.54 bits per heavy atom. The van der Waals surface area contributed by atoms with Crippen LogP contribution in [0.2, 0.25) is 0 Å². The zero-order valence-electron chi connectivity index (χ0n) is 13.8. The fourth-order valence-electron chi connectivity index (χ4n) is 2.77. The number of ether oxygens (including phenoxy) is 3. The van der Waals surface area contributed by atoms with Crippen LogP contribution in [0.5, 0.6) is 0 Å². The lowest BCUT2D eigenvalue weighted by Crippen LogP contribution is -2.36. The van der Waals surface area contributed by atoms with Crippen molar-refractivity contribution in [3.05, 3.63) is 46.9 Å². The van der Waals surface area contributed by atoms with Crippen LogP contribution in [0.4, 0.5) is 0 Å². The summed E-state index contributed by atoms with van der Waals surface area (Å²) in [7, 11) is 0. The van der Waals surface area contributed by atoms with Crippen LogP contribution >= 0.6 is 11.3 Å². The van der Waals surface area contributed by atoms with Crippen molar-refractivity contribution < 1.29 is 24.1 Å². The third kappa shape index (κ3) is 4.69. The predicted molar refractivity (Wildman–Crippen MR) is 92.6 cm³/mol. The van der Waals surface area contributed by atoms with E-state index in [1.165, 1.54) is 6.08 Å². The number of thiophene rings is 1. The summed E-state index contributed by atoms with van der Waals surface area (Å²) in [4.78, 5) is 13.3. The van der Waals surface area contributed by atoms with Crippen LogP contribution in [0.15, 0.2) is 42.0 Å². The monoisotopic (exact) mass is 352 g/mol. The molecule has 132 valence electrons. The maximum atomic E-state index is 12.2. The van der Waals surface area contributed by atoms with E-state index in [1.54, 1.807) is 11.3 Å².